The van der Waals surface area contributed by atoms with Gasteiger partial charge in [0.2, 0.25) is 11.9 Å². The van der Waals surface area contributed by atoms with Crippen molar-refractivity contribution in [3.8, 4) is 5.69 Å². The zero-order valence-electron chi connectivity index (χ0n) is 14.6. The molecule has 26 heavy (non-hydrogen) atoms. The second kappa shape index (κ2) is 8.22. The van der Waals surface area contributed by atoms with E-state index in [9.17, 15) is 9.59 Å². The first-order valence-corrected chi connectivity index (χ1v) is 9.47. The third-order valence-electron chi connectivity index (χ3n) is 4.17. The highest BCUT2D eigenvalue weighted by Crippen LogP contribution is 2.30. The largest absolute Gasteiger partial charge is 0.351 e. The van der Waals surface area contributed by atoms with Gasteiger partial charge in [0.15, 0.2) is 5.16 Å². The molecule has 0 radical (unpaired) electrons. The highest BCUT2D eigenvalue weighted by atomic mass is 32.2. The van der Waals surface area contributed by atoms with Crippen molar-refractivity contribution in [2.24, 2.45) is 5.73 Å². The van der Waals surface area contributed by atoms with Crippen LogP contribution in [0, 0.1) is 0 Å². The molecule has 0 saturated carbocycles. The van der Waals surface area contributed by atoms with Crippen molar-refractivity contribution in [1.29, 1.82) is 0 Å². The lowest BCUT2D eigenvalue weighted by atomic mass is 10.1. The number of amides is 3. The Kier molecular flexibility index (Phi) is 5.77. The van der Waals surface area contributed by atoms with Crippen LogP contribution >= 0.6 is 11.8 Å². The van der Waals surface area contributed by atoms with Crippen molar-refractivity contribution in [3.63, 3.8) is 0 Å². The Bertz CT molecular complexity index is 773. The van der Waals surface area contributed by atoms with Gasteiger partial charge in [-0.15, -0.1) is 10.2 Å². The monoisotopic (exact) mass is 374 g/mol. The van der Waals surface area contributed by atoms with E-state index in [1.807, 2.05) is 34.9 Å². The molecule has 2 heterocycles. The topological polar surface area (TPSA) is 106 Å². The Labute approximate surface area is 156 Å². The number of nitrogens with one attached hydrogen (secondary N) is 1. The average Bonchev–Trinajstić information content (AvgIpc) is 3.06. The summed E-state index contributed by atoms with van der Waals surface area (Å²) in [6, 6.07) is 8.95. The molecule has 3 rings (SSSR count). The fraction of sp³-hybridized carbons (Fsp3) is 0.412. The number of hydrogen-bond donors (Lipinski definition) is 2. The van der Waals surface area contributed by atoms with Gasteiger partial charge in [-0.1, -0.05) is 30.0 Å². The number of primary amides is 1. The van der Waals surface area contributed by atoms with E-state index in [0.717, 1.165) is 37.6 Å². The number of anilines is 1. The molecule has 1 aliphatic rings. The molecule has 0 unspecified atom stereocenters. The average molecular weight is 374 g/mol. The van der Waals surface area contributed by atoms with E-state index < -0.39 is 17.2 Å². The Morgan fingerprint density at radius 3 is 2.50 bits per heavy atom. The first-order valence-electron chi connectivity index (χ1n) is 8.59. The van der Waals surface area contributed by atoms with Gasteiger partial charge in [0.25, 0.3) is 0 Å². The summed E-state index contributed by atoms with van der Waals surface area (Å²) >= 11 is 1.24. The van der Waals surface area contributed by atoms with Gasteiger partial charge in [-0.3, -0.25) is 14.7 Å². The number of aromatic nitrogens is 3. The van der Waals surface area contributed by atoms with Crippen molar-refractivity contribution in [2.45, 2.75) is 36.6 Å². The first-order chi connectivity index (χ1) is 12.6. The predicted molar refractivity (Wildman–Crippen MR) is 100 cm³/mol. The third-order valence-corrected chi connectivity index (χ3v) is 5.21. The molecule has 1 aromatic heterocycles. The number of hydrogen-bond acceptors (Lipinski definition) is 6. The molecule has 1 aliphatic heterocycles. The van der Waals surface area contributed by atoms with Crippen LogP contribution in [0.2, 0.25) is 0 Å². The maximum Gasteiger partial charge on any atom is 0.318 e. The Balaban J connectivity index is 1.91. The zero-order chi connectivity index (χ0) is 18.5. The standard InChI is InChI=1S/C17H22N6O2S/c1-12(14(24)19-15(18)25)26-17-21-20-16(22-10-6-3-7-11-22)23(17)13-8-4-2-5-9-13/h2,4-5,8-9,12H,3,6-7,10-11H2,1H3,(H3,18,19,24,25)/t12-/m1/s1. The summed E-state index contributed by atoms with van der Waals surface area (Å²) < 4.78 is 1.96. The molecule has 0 spiro atoms. The summed E-state index contributed by atoms with van der Waals surface area (Å²) in [5.41, 5.74) is 5.96. The normalized spacial score (nSPS) is 15.5. The molecule has 138 valence electrons. The molecule has 3 N–H and O–H groups in total. The highest BCUT2D eigenvalue weighted by molar-refractivity contribution is 8.00. The van der Waals surface area contributed by atoms with Gasteiger partial charge in [0.1, 0.15) is 0 Å². The van der Waals surface area contributed by atoms with Crippen molar-refractivity contribution in [3.05, 3.63) is 30.3 Å². The zero-order valence-corrected chi connectivity index (χ0v) is 15.4. The van der Waals surface area contributed by atoms with Crippen LogP contribution in [0.3, 0.4) is 0 Å². The number of thioether (sulfide) groups is 1. The van der Waals surface area contributed by atoms with Crippen molar-refractivity contribution in [2.75, 3.05) is 18.0 Å². The molecular weight excluding hydrogens is 352 g/mol. The van der Waals surface area contributed by atoms with E-state index >= 15 is 0 Å². The van der Waals surface area contributed by atoms with Crippen LogP contribution in [-0.4, -0.2) is 45.0 Å². The van der Waals surface area contributed by atoms with Crippen LogP contribution in [0.1, 0.15) is 26.2 Å². The SMILES string of the molecule is C[C@@H](Sc1nnc(N2CCCCC2)n1-c1ccccc1)C(=O)NC(N)=O. The molecule has 0 bridgehead atoms. The number of rotatable bonds is 5. The molecule has 1 saturated heterocycles. The van der Waals surface area contributed by atoms with Crippen molar-refractivity contribution in [1.82, 2.24) is 20.1 Å². The molecular formula is C17H22N6O2S. The summed E-state index contributed by atoms with van der Waals surface area (Å²) in [5.74, 6) is 0.325. The molecule has 0 aliphatic carbocycles. The number of nitrogens with zero attached hydrogens (tertiary/aromatic N) is 4. The third kappa shape index (κ3) is 4.16. The lowest BCUT2D eigenvalue weighted by Crippen LogP contribution is -2.39. The number of carbonyl (C=O) groups is 2. The summed E-state index contributed by atoms with van der Waals surface area (Å²) in [6.45, 7) is 3.58. The van der Waals surface area contributed by atoms with E-state index in [1.54, 1.807) is 6.92 Å². The number of piperidine rings is 1. The number of para-hydroxylation sites is 1. The quantitative estimate of drug-likeness (QED) is 0.775. The molecule has 1 aromatic carbocycles. The maximum absolute atomic E-state index is 12.0. The predicted octanol–water partition coefficient (Wildman–Crippen LogP) is 1.93. The second-order valence-corrected chi connectivity index (χ2v) is 7.42. The van der Waals surface area contributed by atoms with E-state index in [1.165, 1.54) is 18.2 Å². The highest BCUT2D eigenvalue weighted by Gasteiger charge is 2.24. The maximum atomic E-state index is 12.0. The van der Waals surface area contributed by atoms with Crippen LogP contribution in [-0.2, 0) is 4.79 Å². The second-order valence-electron chi connectivity index (χ2n) is 6.11. The molecule has 1 fully saturated rings. The van der Waals surface area contributed by atoms with Gasteiger partial charge in [0, 0.05) is 13.1 Å². The van der Waals surface area contributed by atoms with Crippen LogP contribution < -0.4 is 16.0 Å². The van der Waals surface area contributed by atoms with E-state index in [4.69, 9.17) is 5.73 Å². The molecule has 3 amide bonds. The Morgan fingerprint density at radius 1 is 1.15 bits per heavy atom. The number of benzene rings is 1. The number of imide groups is 1. The van der Waals surface area contributed by atoms with Gasteiger partial charge in [-0.2, -0.15) is 0 Å². The summed E-state index contributed by atoms with van der Waals surface area (Å²) in [6.07, 6.45) is 3.48. The number of urea groups is 1. The Morgan fingerprint density at radius 2 is 1.85 bits per heavy atom. The molecule has 1 atom stereocenters. The smallest absolute Gasteiger partial charge is 0.318 e. The number of nitrogens with two attached hydrogens (primary N) is 1. The fourth-order valence-electron chi connectivity index (χ4n) is 2.87. The van der Waals surface area contributed by atoms with Gasteiger partial charge in [0.05, 0.1) is 10.9 Å². The lowest BCUT2D eigenvalue weighted by molar-refractivity contribution is -0.119. The van der Waals surface area contributed by atoms with Gasteiger partial charge >= 0.3 is 6.03 Å². The lowest BCUT2D eigenvalue weighted by Gasteiger charge is -2.27. The van der Waals surface area contributed by atoms with Crippen molar-refractivity contribution >= 4 is 29.6 Å². The first kappa shape index (κ1) is 18.2. The van der Waals surface area contributed by atoms with E-state index in [-0.39, 0.29) is 0 Å². The fourth-order valence-corrected chi connectivity index (χ4v) is 3.74. The van der Waals surface area contributed by atoms with Gasteiger partial charge in [-0.25, -0.2) is 4.79 Å². The van der Waals surface area contributed by atoms with E-state index in [0.29, 0.717) is 5.16 Å². The van der Waals surface area contributed by atoms with Gasteiger partial charge < -0.3 is 10.6 Å². The molecule has 2 aromatic rings. The molecule has 8 nitrogen and oxygen atoms in total. The molecule has 9 heteroatoms. The minimum absolute atomic E-state index is 0.454. The van der Waals surface area contributed by atoms with Crippen LogP contribution in [0.15, 0.2) is 35.5 Å². The van der Waals surface area contributed by atoms with Gasteiger partial charge in [-0.05, 0) is 38.3 Å². The summed E-state index contributed by atoms with van der Waals surface area (Å²) in [4.78, 5) is 25.1. The minimum atomic E-state index is -0.860. The van der Waals surface area contributed by atoms with Crippen molar-refractivity contribution < 1.29 is 9.59 Å². The number of carbonyl (C=O) groups excluding carboxylic acids is 2. The van der Waals surface area contributed by atoms with Crippen LogP contribution in [0.25, 0.3) is 5.69 Å². The summed E-state index contributed by atoms with van der Waals surface area (Å²) in [7, 11) is 0. The summed E-state index contributed by atoms with van der Waals surface area (Å²) in [5, 5.41) is 10.9. The Hall–Kier alpha value is -2.55. The van der Waals surface area contributed by atoms with E-state index in [2.05, 4.69) is 20.4 Å². The van der Waals surface area contributed by atoms with Crippen LogP contribution in [0.4, 0.5) is 10.7 Å². The minimum Gasteiger partial charge on any atom is -0.351 e. The van der Waals surface area contributed by atoms with Crippen LogP contribution in [0.5, 0.6) is 0 Å².